The number of fused-ring (bicyclic) bond motifs is 1. The monoisotopic (exact) mass is 402 g/mol. The average Bonchev–Trinajstić information content (AvgIpc) is 2.55. The molecule has 1 heterocycles. The van der Waals surface area contributed by atoms with E-state index >= 15 is 0 Å². The van der Waals surface area contributed by atoms with Crippen molar-refractivity contribution in [3.63, 3.8) is 0 Å². The molecule has 0 bridgehead atoms. The maximum atomic E-state index is 12.6. The summed E-state index contributed by atoms with van der Waals surface area (Å²) in [4.78, 5) is 10.00. The number of sulfonamides is 1. The van der Waals surface area contributed by atoms with Crippen molar-refractivity contribution < 1.29 is 18.1 Å². The van der Waals surface area contributed by atoms with Crippen molar-refractivity contribution in [2.75, 3.05) is 6.61 Å². The molecule has 7 nitrogen and oxygen atoms in total. The molecule has 1 atom stereocenters. The zero-order valence-corrected chi connectivity index (χ0v) is 14.9. The number of halogens is 2. The van der Waals surface area contributed by atoms with Crippen LogP contribution in [0, 0.1) is 10.1 Å². The van der Waals surface area contributed by atoms with Gasteiger partial charge in [0.2, 0.25) is 10.0 Å². The van der Waals surface area contributed by atoms with Gasteiger partial charge in [-0.05, 0) is 30.3 Å². The second kappa shape index (κ2) is 6.80. The van der Waals surface area contributed by atoms with Crippen molar-refractivity contribution in [2.24, 2.45) is 0 Å². The van der Waals surface area contributed by atoms with Crippen LogP contribution in [0.2, 0.25) is 10.0 Å². The summed E-state index contributed by atoms with van der Waals surface area (Å²) in [6.07, 6.45) is 0.405. The summed E-state index contributed by atoms with van der Waals surface area (Å²) in [5.41, 5.74) is 0.144. The fourth-order valence-corrected chi connectivity index (χ4v) is 4.18. The lowest BCUT2D eigenvalue weighted by atomic mass is 10.0. The molecular formula is C15H12Cl2N2O5S. The van der Waals surface area contributed by atoms with Gasteiger partial charge in [0.05, 0.1) is 22.5 Å². The number of ether oxygens (including phenoxy) is 1. The summed E-state index contributed by atoms with van der Waals surface area (Å²) in [6, 6.07) is 7.74. The highest BCUT2D eigenvalue weighted by molar-refractivity contribution is 7.89. The fourth-order valence-electron chi connectivity index (χ4n) is 2.54. The molecule has 10 heteroatoms. The van der Waals surface area contributed by atoms with Gasteiger partial charge in [-0.3, -0.25) is 10.1 Å². The summed E-state index contributed by atoms with van der Waals surface area (Å²) < 4.78 is 33.3. The Morgan fingerprint density at radius 1 is 1.20 bits per heavy atom. The van der Waals surface area contributed by atoms with E-state index in [1.54, 1.807) is 18.2 Å². The van der Waals surface area contributed by atoms with Gasteiger partial charge < -0.3 is 4.74 Å². The van der Waals surface area contributed by atoms with Crippen molar-refractivity contribution in [1.82, 2.24) is 4.72 Å². The summed E-state index contributed by atoms with van der Waals surface area (Å²) in [5, 5.41) is 11.3. The minimum Gasteiger partial charge on any atom is -0.493 e. The molecule has 132 valence electrons. The van der Waals surface area contributed by atoms with Gasteiger partial charge >= 0.3 is 0 Å². The van der Waals surface area contributed by atoms with Crippen LogP contribution in [0.3, 0.4) is 0 Å². The Morgan fingerprint density at radius 2 is 1.96 bits per heavy atom. The Bertz CT molecular complexity index is 949. The first-order valence-electron chi connectivity index (χ1n) is 7.16. The first-order valence-corrected chi connectivity index (χ1v) is 9.40. The maximum Gasteiger partial charge on any atom is 0.289 e. The van der Waals surface area contributed by atoms with E-state index in [1.807, 2.05) is 0 Å². The van der Waals surface area contributed by atoms with E-state index in [2.05, 4.69) is 4.72 Å². The average molecular weight is 403 g/mol. The van der Waals surface area contributed by atoms with Crippen molar-refractivity contribution in [3.8, 4) is 5.75 Å². The maximum absolute atomic E-state index is 12.6. The number of hydrogen-bond donors (Lipinski definition) is 1. The van der Waals surface area contributed by atoms with Crippen LogP contribution >= 0.6 is 23.2 Å². The van der Waals surface area contributed by atoms with Crippen LogP contribution in [-0.2, 0) is 10.0 Å². The smallest absolute Gasteiger partial charge is 0.289 e. The van der Waals surface area contributed by atoms with E-state index in [9.17, 15) is 18.5 Å². The quantitative estimate of drug-likeness (QED) is 0.620. The molecule has 0 saturated heterocycles. The Labute approximate surface area is 153 Å². The van der Waals surface area contributed by atoms with Crippen LogP contribution < -0.4 is 9.46 Å². The van der Waals surface area contributed by atoms with Gasteiger partial charge in [-0.2, -0.15) is 0 Å². The molecule has 0 amide bonds. The second-order valence-corrected chi connectivity index (χ2v) is 7.92. The Hall–Kier alpha value is -1.87. The molecular weight excluding hydrogens is 391 g/mol. The predicted molar refractivity (Wildman–Crippen MR) is 92.7 cm³/mol. The topological polar surface area (TPSA) is 98.5 Å². The third-order valence-electron chi connectivity index (χ3n) is 3.73. The normalized spacial score (nSPS) is 16.8. The van der Waals surface area contributed by atoms with Crippen molar-refractivity contribution in [1.29, 1.82) is 0 Å². The van der Waals surface area contributed by atoms with Crippen molar-refractivity contribution in [3.05, 3.63) is 62.1 Å². The van der Waals surface area contributed by atoms with Crippen LogP contribution in [0.4, 0.5) is 5.69 Å². The van der Waals surface area contributed by atoms with Crippen LogP contribution in [0.1, 0.15) is 18.0 Å². The minimum atomic E-state index is -4.00. The van der Waals surface area contributed by atoms with Gasteiger partial charge in [-0.1, -0.05) is 23.2 Å². The van der Waals surface area contributed by atoms with Gasteiger partial charge in [0, 0.05) is 23.1 Å². The van der Waals surface area contributed by atoms with Gasteiger partial charge in [0.15, 0.2) is 0 Å². The van der Waals surface area contributed by atoms with Crippen molar-refractivity contribution >= 4 is 38.9 Å². The van der Waals surface area contributed by atoms with E-state index in [0.717, 1.165) is 6.07 Å². The molecule has 1 N–H and O–H groups in total. The third-order valence-corrected chi connectivity index (χ3v) is 5.76. The molecule has 0 aromatic heterocycles. The summed E-state index contributed by atoms with van der Waals surface area (Å²) in [5.74, 6) is 0.547. The van der Waals surface area contributed by atoms with Crippen LogP contribution in [0.5, 0.6) is 5.75 Å². The molecule has 1 aliphatic rings. The fraction of sp³-hybridized carbons (Fsp3) is 0.200. The standard InChI is InChI=1S/C15H12Cl2N2O5S/c16-9-1-4-15-11(7-9)13(5-6-24-15)18-25(22,23)10-2-3-12(17)14(8-10)19(20)21/h1-4,7-8,13,18H,5-6H2. The van der Waals surface area contributed by atoms with Gasteiger partial charge in [0.25, 0.3) is 5.69 Å². The molecule has 2 aromatic carbocycles. The van der Waals surface area contributed by atoms with E-state index < -0.39 is 26.7 Å². The number of nitrogens with one attached hydrogen (secondary N) is 1. The van der Waals surface area contributed by atoms with Crippen LogP contribution in [0.25, 0.3) is 0 Å². The lowest BCUT2D eigenvalue weighted by Gasteiger charge is -2.26. The number of hydrogen-bond acceptors (Lipinski definition) is 5. The third kappa shape index (κ3) is 3.72. The molecule has 0 radical (unpaired) electrons. The molecule has 1 unspecified atom stereocenters. The number of nitrogens with zero attached hydrogens (tertiary/aromatic N) is 1. The van der Waals surface area contributed by atoms with Gasteiger partial charge in [-0.15, -0.1) is 0 Å². The number of nitro groups is 1. The minimum absolute atomic E-state index is 0.132. The molecule has 3 rings (SSSR count). The summed E-state index contributed by atoms with van der Waals surface area (Å²) >= 11 is 11.7. The van der Waals surface area contributed by atoms with E-state index in [1.165, 1.54) is 12.1 Å². The Kier molecular flexibility index (Phi) is 4.88. The second-order valence-electron chi connectivity index (χ2n) is 5.36. The van der Waals surface area contributed by atoms with E-state index in [-0.39, 0.29) is 9.92 Å². The Morgan fingerprint density at radius 3 is 2.68 bits per heavy atom. The highest BCUT2D eigenvalue weighted by atomic mass is 35.5. The highest BCUT2D eigenvalue weighted by Crippen LogP contribution is 2.35. The van der Waals surface area contributed by atoms with Crippen LogP contribution in [0.15, 0.2) is 41.3 Å². The largest absolute Gasteiger partial charge is 0.493 e. The Balaban J connectivity index is 1.95. The lowest BCUT2D eigenvalue weighted by molar-refractivity contribution is -0.384. The van der Waals surface area contributed by atoms with Crippen molar-refractivity contribution in [2.45, 2.75) is 17.4 Å². The number of nitro benzene ring substituents is 1. The zero-order chi connectivity index (χ0) is 18.2. The molecule has 1 aliphatic heterocycles. The molecule has 2 aromatic rings. The SMILES string of the molecule is O=[N+]([O-])c1cc(S(=O)(=O)NC2CCOc3ccc(Cl)cc32)ccc1Cl. The predicted octanol–water partition coefficient (Wildman–Crippen LogP) is 3.70. The molecule has 0 spiro atoms. The van der Waals surface area contributed by atoms with E-state index in [4.69, 9.17) is 27.9 Å². The summed E-state index contributed by atoms with van der Waals surface area (Å²) in [6.45, 7) is 0.336. The van der Waals surface area contributed by atoms with Gasteiger partial charge in [-0.25, -0.2) is 13.1 Å². The molecule has 0 aliphatic carbocycles. The highest BCUT2D eigenvalue weighted by Gasteiger charge is 2.28. The van der Waals surface area contributed by atoms with Gasteiger partial charge in [0.1, 0.15) is 10.8 Å². The summed E-state index contributed by atoms with van der Waals surface area (Å²) in [7, 11) is -4.00. The van der Waals surface area contributed by atoms with Crippen LogP contribution in [-0.4, -0.2) is 19.9 Å². The molecule has 25 heavy (non-hydrogen) atoms. The first kappa shape index (κ1) is 17.9. The number of rotatable bonds is 4. The lowest BCUT2D eigenvalue weighted by Crippen LogP contribution is -2.32. The number of benzene rings is 2. The zero-order valence-electron chi connectivity index (χ0n) is 12.6. The van der Waals surface area contributed by atoms with E-state index in [0.29, 0.717) is 29.4 Å². The molecule has 0 saturated carbocycles. The molecule has 0 fully saturated rings. The first-order chi connectivity index (χ1) is 11.8.